The number of sulfonamides is 1. The molecule has 1 atom stereocenters. The smallest absolute Gasteiger partial charge is 0.272 e. The van der Waals surface area contributed by atoms with Crippen molar-refractivity contribution in [2.24, 2.45) is 0 Å². The van der Waals surface area contributed by atoms with E-state index in [1.807, 2.05) is 0 Å². The summed E-state index contributed by atoms with van der Waals surface area (Å²) < 4.78 is 25.7. The molecule has 3 rings (SSSR count). The molecule has 2 aliphatic heterocycles. The summed E-state index contributed by atoms with van der Waals surface area (Å²) >= 11 is 0. The molecular formula is C15H21N3O3S. The molecule has 0 radical (unpaired) electrons. The Labute approximate surface area is 131 Å². The zero-order valence-electron chi connectivity index (χ0n) is 12.7. The van der Waals surface area contributed by atoms with Crippen LogP contribution in [0.25, 0.3) is 0 Å². The first-order chi connectivity index (χ1) is 10.4. The van der Waals surface area contributed by atoms with Crippen molar-refractivity contribution in [3.63, 3.8) is 0 Å². The second-order valence-electron chi connectivity index (χ2n) is 6.21. The van der Waals surface area contributed by atoms with Crippen LogP contribution in [0.3, 0.4) is 0 Å². The fourth-order valence-electron chi connectivity index (χ4n) is 3.78. The second-order valence-corrected chi connectivity index (χ2v) is 8.12. The summed E-state index contributed by atoms with van der Waals surface area (Å²) in [6.45, 7) is 1.69. The van der Waals surface area contributed by atoms with Crippen LogP contribution < -0.4 is 0 Å². The lowest BCUT2D eigenvalue weighted by Crippen LogP contribution is -2.58. The normalized spacial score (nSPS) is 26.5. The van der Waals surface area contributed by atoms with Crippen molar-refractivity contribution >= 4 is 15.9 Å². The quantitative estimate of drug-likeness (QED) is 0.817. The van der Waals surface area contributed by atoms with Crippen molar-refractivity contribution in [2.45, 2.75) is 31.2 Å². The lowest BCUT2D eigenvalue weighted by molar-refractivity contribution is 0.0519. The van der Waals surface area contributed by atoms with E-state index in [1.54, 1.807) is 33.6 Å². The molecule has 2 aliphatic rings. The van der Waals surface area contributed by atoms with Crippen LogP contribution in [0.15, 0.2) is 24.4 Å². The first kappa shape index (κ1) is 15.4. The molecule has 3 heterocycles. The minimum atomic E-state index is -3.24. The van der Waals surface area contributed by atoms with Crippen molar-refractivity contribution in [2.75, 3.05) is 25.9 Å². The van der Waals surface area contributed by atoms with E-state index in [0.717, 1.165) is 25.7 Å². The molecule has 0 aliphatic carbocycles. The van der Waals surface area contributed by atoms with Crippen LogP contribution in [0.5, 0.6) is 0 Å². The number of likely N-dealkylation sites (tertiary alicyclic amines) is 1. The largest absolute Gasteiger partial charge is 0.335 e. The molecule has 0 saturated carbocycles. The van der Waals surface area contributed by atoms with Gasteiger partial charge in [0.2, 0.25) is 10.0 Å². The minimum absolute atomic E-state index is 0.111. The van der Waals surface area contributed by atoms with Gasteiger partial charge in [-0.1, -0.05) is 6.07 Å². The number of hydrogen-bond acceptors (Lipinski definition) is 4. The standard InChI is InChI=1S/C15H21N3O3S/c1-22(20,21)18-11-5-8-15(18)7-4-10-17(12-15)14(19)13-6-2-3-9-16-13/h2-3,6,9H,4-5,7-8,10-12H2,1H3/t15-/m1/s1. The van der Waals surface area contributed by atoms with Crippen molar-refractivity contribution in [1.29, 1.82) is 0 Å². The number of pyridine rings is 1. The molecule has 1 amide bonds. The van der Waals surface area contributed by atoms with Crippen LogP contribution in [0.4, 0.5) is 0 Å². The number of piperidine rings is 1. The topological polar surface area (TPSA) is 70.6 Å². The van der Waals surface area contributed by atoms with Gasteiger partial charge >= 0.3 is 0 Å². The maximum Gasteiger partial charge on any atom is 0.272 e. The Hall–Kier alpha value is -1.47. The van der Waals surface area contributed by atoms with Gasteiger partial charge in [0.25, 0.3) is 5.91 Å². The highest BCUT2D eigenvalue weighted by Crippen LogP contribution is 2.39. The summed E-state index contributed by atoms with van der Waals surface area (Å²) in [5.74, 6) is -0.111. The van der Waals surface area contributed by atoms with Crippen molar-refractivity contribution in [3.8, 4) is 0 Å². The van der Waals surface area contributed by atoms with E-state index in [1.165, 1.54) is 6.26 Å². The predicted molar refractivity (Wildman–Crippen MR) is 82.9 cm³/mol. The summed E-state index contributed by atoms with van der Waals surface area (Å²) in [7, 11) is -3.24. The number of aromatic nitrogens is 1. The van der Waals surface area contributed by atoms with Crippen LogP contribution in [0.1, 0.15) is 36.2 Å². The summed E-state index contributed by atoms with van der Waals surface area (Å²) in [5.41, 5.74) is -0.000500. The average molecular weight is 323 g/mol. The highest BCUT2D eigenvalue weighted by Gasteiger charge is 2.48. The lowest BCUT2D eigenvalue weighted by Gasteiger charge is -2.44. The Morgan fingerprint density at radius 3 is 2.59 bits per heavy atom. The van der Waals surface area contributed by atoms with Gasteiger partial charge in [-0.3, -0.25) is 9.78 Å². The molecule has 2 saturated heterocycles. The first-order valence-corrected chi connectivity index (χ1v) is 9.45. The van der Waals surface area contributed by atoms with Crippen LogP contribution in [0.2, 0.25) is 0 Å². The molecule has 0 unspecified atom stereocenters. The predicted octanol–water partition coefficient (Wildman–Crippen LogP) is 1.11. The van der Waals surface area contributed by atoms with Gasteiger partial charge in [-0.05, 0) is 37.8 Å². The van der Waals surface area contributed by atoms with Crippen LogP contribution in [-0.4, -0.2) is 59.9 Å². The number of amides is 1. The van der Waals surface area contributed by atoms with Gasteiger partial charge in [0.15, 0.2) is 0 Å². The van der Waals surface area contributed by atoms with Crippen molar-refractivity contribution in [1.82, 2.24) is 14.2 Å². The Balaban J connectivity index is 1.84. The zero-order chi connectivity index (χ0) is 15.8. The van der Waals surface area contributed by atoms with Gasteiger partial charge in [0.05, 0.1) is 11.8 Å². The maximum absolute atomic E-state index is 12.6. The van der Waals surface area contributed by atoms with Gasteiger partial charge < -0.3 is 4.90 Å². The number of nitrogens with zero attached hydrogens (tertiary/aromatic N) is 3. The van der Waals surface area contributed by atoms with Crippen LogP contribution >= 0.6 is 0 Å². The summed E-state index contributed by atoms with van der Waals surface area (Å²) in [6, 6.07) is 5.27. The van der Waals surface area contributed by atoms with E-state index < -0.39 is 15.6 Å². The summed E-state index contributed by atoms with van der Waals surface area (Å²) in [4.78, 5) is 18.5. The second kappa shape index (κ2) is 5.62. The van der Waals surface area contributed by atoms with Gasteiger partial charge in [-0.15, -0.1) is 0 Å². The van der Waals surface area contributed by atoms with E-state index in [-0.39, 0.29) is 5.91 Å². The number of carbonyl (C=O) groups is 1. The van der Waals surface area contributed by atoms with E-state index in [2.05, 4.69) is 4.98 Å². The minimum Gasteiger partial charge on any atom is -0.335 e. The third-order valence-electron chi connectivity index (χ3n) is 4.66. The maximum atomic E-state index is 12.6. The average Bonchev–Trinajstić information content (AvgIpc) is 2.90. The van der Waals surface area contributed by atoms with Gasteiger partial charge in [-0.2, -0.15) is 4.31 Å². The number of rotatable bonds is 2. The van der Waals surface area contributed by atoms with Crippen molar-refractivity contribution in [3.05, 3.63) is 30.1 Å². The molecule has 120 valence electrons. The lowest BCUT2D eigenvalue weighted by atomic mass is 9.87. The molecule has 1 aromatic rings. The number of hydrogen-bond donors (Lipinski definition) is 0. The van der Waals surface area contributed by atoms with Crippen LogP contribution in [-0.2, 0) is 10.0 Å². The molecule has 0 aromatic carbocycles. The molecule has 6 nitrogen and oxygen atoms in total. The molecule has 1 aromatic heterocycles. The molecule has 1 spiro atoms. The first-order valence-electron chi connectivity index (χ1n) is 7.61. The van der Waals surface area contributed by atoms with E-state index in [4.69, 9.17) is 0 Å². The fraction of sp³-hybridized carbons (Fsp3) is 0.600. The highest BCUT2D eigenvalue weighted by molar-refractivity contribution is 7.88. The molecule has 0 bridgehead atoms. The molecule has 22 heavy (non-hydrogen) atoms. The summed E-state index contributed by atoms with van der Waals surface area (Å²) in [5, 5.41) is 0. The van der Waals surface area contributed by atoms with Crippen molar-refractivity contribution < 1.29 is 13.2 Å². The fourth-order valence-corrected chi connectivity index (χ4v) is 5.18. The Morgan fingerprint density at radius 1 is 1.23 bits per heavy atom. The Bertz CT molecular complexity index is 662. The van der Waals surface area contributed by atoms with E-state index in [0.29, 0.717) is 25.3 Å². The van der Waals surface area contributed by atoms with Gasteiger partial charge in [-0.25, -0.2) is 8.42 Å². The van der Waals surface area contributed by atoms with Gasteiger partial charge in [0.1, 0.15) is 5.69 Å². The highest BCUT2D eigenvalue weighted by atomic mass is 32.2. The SMILES string of the molecule is CS(=O)(=O)N1CCC[C@@]12CCCN(C(=O)c1ccccn1)C2. The zero-order valence-corrected chi connectivity index (χ0v) is 13.6. The van der Waals surface area contributed by atoms with Crippen LogP contribution in [0, 0.1) is 0 Å². The molecule has 7 heteroatoms. The third kappa shape index (κ3) is 2.75. The van der Waals surface area contributed by atoms with E-state index >= 15 is 0 Å². The Kier molecular flexibility index (Phi) is 3.94. The van der Waals surface area contributed by atoms with E-state index in [9.17, 15) is 13.2 Å². The molecular weight excluding hydrogens is 302 g/mol. The molecule has 2 fully saturated rings. The molecule has 0 N–H and O–H groups in total. The monoisotopic (exact) mass is 323 g/mol. The van der Waals surface area contributed by atoms with Gasteiger partial charge in [0, 0.05) is 25.8 Å². The number of carbonyl (C=O) groups excluding carboxylic acids is 1. The Morgan fingerprint density at radius 2 is 1.95 bits per heavy atom. The third-order valence-corrected chi connectivity index (χ3v) is 6.03. The summed E-state index contributed by atoms with van der Waals surface area (Å²) in [6.07, 6.45) is 6.20.